The average Bonchev–Trinajstić information content (AvgIpc) is 2.50. The van der Waals surface area contributed by atoms with Gasteiger partial charge in [0.2, 0.25) is 0 Å². The van der Waals surface area contributed by atoms with E-state index < -0.39 is 0 Å². The van der Waals surface area contributed by atoms with E-state index in [1.54, 1.807) is 4.28 Å². The van der Waals surface area contributed by atoms with Crippen LogP contribution in [-0.4, -0.2) is 0 Å². The first-order valence-electron chi connectivity index (χ1n) is 6.31. The van der Waals surface area contributed by atoms with Crippen molar-refractivity contribution >= 4 is 5.69 Å². The molecule has 0 saturated heterocycles. The molecule has 0 aliphatic heterocycles. The Hall–Kier alpha value is -0.336. The van der Waals surface area contributed by atoms with Crippen LogP contribution in [0.15, 0.2) is 55.1 Å². The van der Waals surface area contributed by atoms with E-state index in [9.17, 15) is 0 Å². The Labute approximate surface area is 141 Å². The summed E-state index contributed by atoms with van der Waals surface area (Å²) in [7, 11) is 0. The monoisotopic (exact) mass is 347 g/mol. The molecule has 0 fully saturated rings. The van der Waals surface area contributed by atoms with Gasteiger partial charge in [-0.15, -0.1) is 0 Å². The molecular formula is C16H20Cl2NV. The molecular weight excluding hydrogens is 328 g/mol. The molecule has 108 valence electrons. The first-order chi connectivity index (χ1) is 8.44. The number of benzene rings is 1. The van der Waals surface area contributed by atoms with Crippen LogP contribution in [0.2, 0.25) is 0 Å². The fourth-order valence-corrected chi connectivity index (χ4v) is 4.07. The molecule has 0 atom stereocenters. The van der Waals surface area contributed by atoms with Crippen molar-refractivity contribution in [3.63, 3.8) is 0 Å². The van der Waals surface area contributed by atoms with Crippen molar-refractivity contribution in [3.8, 4) is 0 Å². The number of halogens is 2. The standard InChI is InChI=1S/C10H15.C6H5N.2ClH.V/c1-7-6-10(4,5)9(3)8(7)2;7-6-4-2-1-3-5-6;;;/h1-5H3;1-5H;2*1H;/q;;;;+2/p-2. The third kappa shape index (κ3) is 3.65. The van der Waals surface area contributed by atoms with Crippen molar-refractivity contribution in [3.05, 3.63) is 51.3 Å². The quantitative estimate of drug-likeness (QED) is 0.667. The van der Waals surface area contributed by atoms with E-state index in [0.29, 0.717) is 0 Å². The molecule has 0 radical (unpaired) electrons. The van der Waals surface area contributed by atoms with E-state index in [1.807, 2.05) is 6.07 Å². The summed E-state index contributed by atoms with van der Waals surface area (Å²) in [5, 5.41) is 0. The van der Waals surface area contributed by atoms with Crippen molar-refractivity contribution in [2.75, 3.05) is 0 Å². The zero-order chi connectivity index (χ0) is 13.3. The maximum atomic E-state index is 4.81. The Bertz CT molecular complexity index is 557. The van der Waals surface area contributed by atoms with E-state index in [-0.39, 0.29) is 46.3 Å². The Morgan fingerprint density at radius 3 is 1.90 bits per heavy atom. The van der Waals surface area contributed by atoms with Gasteiger partial charge in [0.1, 0.15) is 0 Å². The number of nitrogens with zero attached hydrogens (tertiary/aromatic N) is 1. The van der Waals surface area contributed by atoms with Crippen LogP contribution in [0.1, 0.15) is 34.6 Å². The average molecular weight is 348 g/mol. The zero-order valence-corrected chi connectivity index (χ0v) is 15.4. The van der Waals surface area contributed by atoms with Gasteiger partial charge in [0.15, 0.2) is 0 Å². The largest absolute Gasteiger partial charge is 1.00 e. The molecule has 20 heavy (non-hydrogen) atoms. The molecule has 0 saturated carbocycles. The van der Waals surface area contributed by atoms with Crippen LogP contribution in [0.5, 0.6) is 0 Å². The van der Waals surface area contributed by atoms with Crippen molar-refractivity contribution < 1.29 is 40.9 Å². The molecule has 4 heteroatoms. The van der Waals surface area contributed by atoms with Crippen LogP contribution in [0, 0.1) is 5.41 Å². The van der Waals surface area contributed by atoms with Crippen LogP contribution >= 0.6 is 0 Å². The fraction of sp³-hybridized carbons (Fsp3) is 0.375. The van der Waals surface area contributed by atoms with E-state index >= 15 is 0 Å². The second-order valence-corrected chi connectivity index (χ2v) is 6.71. The minimum atomic E-state index is -0.119. The molecule has 0 N–H and O–H groups in total. The van der Waals surface area contributed by atoms with Crippen LogP contribution in [0.3, 0.4) is 0 Å². The van der Waals surface area contributed by atoms with Gasteiger partial charge in [0, 0.05) is 0 Å². The Morgan fingerprint density at radius 1 is 0.900 bits per heavy atom. The van der Waals surface area contributed by atoms with E-state index in [4.69, 9.17) is 3.79 Å². The van der Waals surface area contributed by atoms with Gasteiger partial charge in [-0.3, -0.25) is 0 Å². The summed E-state index contributed by atoms with van der Waals surface area (Å²) in [6.07, 6.45) is 0. The molecule has 0 aromatic heterocycles. The number of rotatable bonds is 2. The Kier molecular flexibility index (Phi) is 7.48. The van der Waals surface area contributed by atoms with Crippen LogP contribution in [-0.2, 0) is 16.1 Å². The number of allylic oxidation sites excluding steroid dienone is 4. The number of hydrogen-bond acceptors (Lipinski definition) is 1. The molecule has 0 heterocycles. The SMILES string of the molecule is CC1=C(C)C(C)(C)[C](/[V+2]=[N]/c2ccccc2)=C1C.[Cl-].[Cl-]. The Morgan fingerprint density at radius 2 is 1.45 bits per heavy atom. The molecule has 2 rings (SSSR count). The predicted molar refractivity (Wildman–Crippen MR) is 73.4 cm³/mol. The third-order valence-corrected chi connectivity index (χ3v) is 6.26. The normalized spacial score (nSPS) is 16.9. The first kappa shape index (κ1) is 19.7. The van der Waals surface area contributed by atoms with Gasteiger partial charge >= 0.3 is 117 Å². The van der Waals surface area contributed by atoms with E-state index in [0.717, 1.165) is 5.69 Å². The summed E-state index contributed by atoms with van der Waals surface area (Å²) in [6, 6.07) is 10.3. The van der Waals surface area contributed by atoms with Crippen molar-refractivity contribution in [1.82, 2.24) is 0 Å². The van der Waals surface area contributed by atoms with Crippen LogP contribution in [0.25, 0.3) is 0 Å². The molecule has 0 unspecified atom stereocenters. The minimum Gasteiger partial charge on any atom is -1.00 e. The molecule has 0 bridgehead atoms. The minimum absolute atomic E-state index is 0. The smallest absolute Gasteiger partial charge is 1.00 e. The molecule has 1 aromatic rings. The molecule has 1 aliphatic carbocycles. The van der Waals surface area contributed by atoms with Gasteiger partial charge in [0.05, 0.1) is 0 Å². The third-order valence-electron chi connectivity index (χ3n) is 4.03. The second-order valence-electron chi connectivity index (χ2n) is 5.38. The van der Waals surface area contributed by atoms with Crippen LogP contribution in [0.4, 0.5) is 5.69 Å². The molecule has 0 spiro atoms. The maximum absolute atomic E-state index is 4.81. The first-order valence-corrected chi connectivity index (χ1v) is 7.63. The summed E-state index contributed by atoms with van der Waals surface area (Å²) in [4.78, 5) is 0. The van der Waals surface area contributed by atoms with E-state index in [1.165, 1.54) is 16.7 Å². The van der Waals surface area contributed by atoms with Crippen molar-refractivity contribution in [2.24, 2.45) is 9.21 Å². The summed E-state index contributed by atoms with van der Waals surface area (Å²) in [5.74, 6) is 0. The van der Waals surface area contributed by atoms with Gasteiger partial charge in [-0.1, -0.05) is 0 Å². The number of hydrogen-bond donors (Lipinski definition) is 0. The van der Waals surface area contributed by atoms with Gasteiger partial charge in [-0.2, -0.15) is 0 Å². The predicted octanol–water partition coefficient (Wildman–Crippen LogP) is -0.758. The molecule has 1 aliphatic rings. The van der Waals surface area contributed by atoms with Gasteiger partial charge in [-0.25, -0.2) is 0 Å². The summed E-state index contributed by atoms with van der Waals surface area (Å²) < 4.78 is 6.37. The summed E-state index contributed by atoms with van der Waals surface area (Å²) in [6.45, 7) is 11.4. The van der Waals surface area contributed by atoms with E-state index in [2.05, 4.69) is 58.9 Å². The van der Waals surface area contributed by atoms with Gasteiger partial charge < -0.3 is 24.8 Å². The topological polar surface area (TPSA) is 12.4 Å². The van der Waals surface area contributed by atoms with Crippen molar-refractivity contribution in [1.29, 1.82) is 0 Å². The zero-order valence-electron chi connectivity index (χ0n) is 12.5. The second kappa shape index (κ2) is 7.61. The molecule has 1 aromatic carbocycles. The fourth-order valence-electron chi connectivity index (χ4n) is 2.38. The molecule has 1 nitrogen and oxygen atoms in total. The molecule has 0 amide bonds. The van der Waals surface area contributed by atoms with Crippen molar-refractivity contribution in [2.45, 2.75) is 34.6 Å². The maximum Gasteiger partial charge on any atom is -1.00 e. The van der Waals surface area contributed by atoms with Gasteiger partial charge in [-0.05, 0) is 0 Å². The van der Waals surface area contributed by atoms with Crippen LogP contribution < -0.4 is 24.8 Å². The summed E-state index contributed by atoms with van der Waals surface area (Å²) >= 11 is -0.119. The van der Waals surface area contributed by atoms with Gasteiger partial charge in [0.25, 0.3) is 0 Å². The Balaban J connectivity index is 0.00000180. The summed E-state index contributed by atoms with van der Waals surface area (Å²) in [5.41, 5.74) is 5.75.